The van der Waals surface area contributed by atoms with Crippen molar-refractivity contribution in [1.82, 2.24) is 10.5 Å². The van der Waals surface area contributed by atoms with Crippen LogP contribution in [0.5, 0.6) is 0 Å². The lowest BCUT2D eigenvalue weighted by molar-refractivity contribution is 0.808. The van der Waals surface area contributed by atoms with Crippen LogP contribution in [0.25, 0.3) is 0 Å². The number of nitrogens with zero attached hydrogens (tertiary/aromatic N) is 2. The summed E-state index contributed by atoms with van der Waals surface area (Å²) >= 11 is 0. The monoisotopic (exact) mass is 150 g/mol. The van der Waals surface area contributed by atoms with Crippen molar-refractivity contribution in [1.29, 1.82) is 0 Å². The molecule has 0 bridgehead atoms. The molecule has 2 heterocycles. The summed E-state index contributed by atoms with van der Waals surface area (Å²) in [5, 5.41) is 1.85. The van der Waals surface area contributed by atoms with Gasteiger partial charge in [0.25, 0.3) is 0 Å². The van der Waals surface area contributed by atoms with E-state index in [0.717, 1.165) is 17.2 Å². The van der Waals surface area contributed by atoms with E-state index in [-0.39, 0.29) is 0 Å². The Morgan fingerprint density at radius 2 is 2.27 bits per heavy atom. The van der Waals surface area contributed by atoms with E-state index in [4.69, 9.17) is 0 Å². The Morgan fingerprint density at radius 3 is 3.09 bits per heavy atom. The summed E-state index contributed by atoms with van der Waals surface area (Å²) in [7, 11) is 1.92. The molecule has 11 heavy (non-hydrogen) atoms. The predicted molar refractivity (Wildman–Crippen MR) is 44.1 cm³/mol. The minimum Gasteiger partial charge on any atom is -0.300 e. The molecular formula is C7H10N4. The highest BCUT2D eigenvalue weighted by Gasteiger charge is 2.14. The minimum atomic E-state index is 0.949. The molecule has 4 heteroatoms. The average Bonchev–Trinajstić information content (AvgIpc) is 2.33. The number of rotatable bonds is 0. The highest BCUT2D eigenvalue weighted by Crippen LogP contribution is 2.24. The third kappa shape index (κ3) is 0.914. The fourth-order valence-corrected chi connectivity index (χ4v) is 1.09. The molecule has 1 aliphatic rings. The van der Waals surface area contributed by atoms with Crippen molar-refractivity contribution in [2.75, 3.05) is 17.5 Å². The second-order valence-corrected chi connectivity index (χ2v) is 2.62. The van der Waals surface area contributed by atoms with E-state index >= 15 is 0 Å². The van der Waals surface area contributed by atoms with Crippen LogP contribution in [0.1, 0.15) is 5.69 Å². The number of aromatic nitrogens is 1. The summed E-state index contributed by atoms with van der Waals surface area (Å²) in [6, 6.07) is 3.99. The molecule has 4 nitrogen and oxygen atoms in total. The van der Waals surface area contributed by atoms with Gasteiger partial charge in [-0.05, 0) is 19.1 Å². The SMILES string of the molecule is Cc1ccc2c(n1)N(C)NN2. The molecule has 0 spiro atoms. The second-order valence-electron chi connectivity index (χ2n) is 2.62. The lowest BCUT2D eigenvalue weighted by Crippen LogP contribution is -2.32. The molecule has 2 rings (SSSR count). The quantitative estimate of drug-likeness (QED) is 0.570. The second kappa shape index (κ2) is 2.10. The fourth-order valence-electron chi connectivity index (χ4n) is 1.09. The van der Waals surface area contributed by atoms with Gasteiger partial charge >= 0.3 is 0 Å². The number of fused-ring (bicyclic) bond motifs is 1. The van der Waals surface area contributed by atoms with Crippen LogP contribution in [0.15, 0.2) is 12.1 Å². The Labute approximate surface area is 65.2 Å². The average molecular weight is 150 g/mol. The van der Waals surface area contributed by atoms with Crippen LogP contribution >= 0.6 is 0 Å². The zero-order chi connectivity index (χ0) is 7.84. The van der Waals surface area contributed by atoms with Crippen molar-refractivity contribution in [3.8, 4) is 0 Å². The standard InChI is InChI=1S/C7H10N4/c1-5-3-4-6-7(8-5)11(2)10-9-6/h3-4,9-10H,1-2H3. The first-order chi connectivity index (χ1) is 5.27. The van der Waals surface area contributed by atoms with Crippen LogP contribution in [0, 0.1) is 6.92 Å². The number of pyridine rings is 1. The molecule has 0 fully saturated rings. The number of nitrogens with one attached hydrogen (secondary N) is 2. The molecule has 0 amide bonds. The largest absolute Gasteiger partial charge is 0.300 e. The molecule has 2 N–H and O–H groups in total. The van der Waals surface area contributed by atoms with Gasteiger partial charge in [-0.15, -0.1) is 5.53 Å². The number of hydrogen-bond acceptors (Lipinski definition) is 4. The maximum absolute atomic E-state index is 4.34. The van der Waals surface area contributed by atoms with Crippen molar-refractivity contribution in [3.05, 3.63) is 17.8 Å². The summed E-state index contributed by atoms with van der Waals surface area (Å²) in [6.07, 6.45) is 0. The first kappa shape index (κ1) is 6.42. The van der Waals surface area contributed by atoms with Gasteiger partial charge in [-0.2, -0.15) is 0 Å². The Morgan fingerprint density at radius 1 is 1.45 bits per heavy atom. The van der Waals surface area contributed by atoms with Crippen LogP contribution in [0.4, 0.5) is 11.5 Å². The first-order valence-corrected chi connectivity index (χ1v) is 3.50. The van der Waals surface area contributed by atoms with Gasteiger partial charge < -0.3 is 5.43 Å². The molecule has 0 aliphatic carbocycles. The van der Waals surface area contributed by atoms with Crippen molar-refractivity contribution in [2.24, 2.45) is 0 Å². The number of hydrazine groups is 2. The van der Waals surface area contributed by atoms with Crippen LogP contribution in [0.3, 0.4) is 0 Å². The molecule has 1 aromatic rings. The van der Waals surface area contributed by atoms with Crippen molar-refractivity contribution >= 4 is 11.5 Å². The maximum atomic E-state index is 4.34. The van der Waals surface area contributed by atoms with E-state index in [1.165, 1.54) is 0 Å². The molecule has 0 unspecified atom stereocenters. The minimum absolute atomic E-state index is 0.949. The molecule has 0 aromatic carbocycles. The van der Waals surface area contributed by atoms with E-state index in [2.05, 4.69) is 15.9 Å². The molecule has 1 aromatic heterocycles. The van der Waals surface area contributed by atoms with Crippen LogP contribution < -0.4 is 16.0 Å². The molecule has 58 valence electrons. The Bertz CT molecular complexity index is 284. The number of hydrogen-bond donors (Lipinski definition) is 2. The van der Waals surface area contributed by atoms with Gasteiger partial charge in [0.1, 0.15) is 0 Å². The van der Waals surface area contributed by atoms with Gasteiger partial charge in [0.15, 0.2) is 5.82 Å². The van der Waals surface area contributed by atoms with Crippen molar-refractivity contribution in [2.45, 2.75) is 6.92 Å². The molecular weight excluding hydrogens is 140 g/mol. The number of aryl methyl sites for hydroxylation is 1. The van der Waals surface area contributed by atoms with Gasteiger partial charge in [0.2, 0.25) is 0 Å². The van der Waals surface area contributed by atoms with Gasteiger partial charge in [0, 0.05) is 12.7 Å². The van der Waals surface area contributed by atoms with E-state index in [0.29, 0.717) is 0 Å². The summed E-state index contributed by atoms with van der Waals surface area (Å²) < 4.78 is 0. The van der Waals surface area contributed by atoms with Crippen LogP contribution in [0.2, 0.25) is 0 Å². The smallest absolute Gasteiger partial charge is 0.169 e. The van der Waals surface area contributed by atoms with Gasteiger partial charge in [0.05, 0.1) is 5.69 Å². The third-order valence-corrected chi connectivity index (χ3v) is 1.69. The highest BCUT2D eigenvalue weighted by molar-refractivity contribution is 5.68. The maximum Gasteiger partial charge on any atom is 0.169 e. The van der Waals surface area contributed by atoms with E-state index in [9.17, 15) is 0 Å². The third-order valence-electron chi connectivity index (χ3n) is 1.69. The Kier molecular flexibility index (Phi) is 1.22. The zero-order valence-corrected chi connectivity index (χ0v) is 6.55. The Hall–Kier alpha value is -1.29. The molecule has 0 saturated carbocycles. The van der Waals surface area contributed by atoms with Crippen molar-refractivity contribution < 1.29 is 0 Å². The summed E-state index contributed by atoms with van der Waals surface area (Å²) in [6.45, 7) is 1.98. The lowest BCUT2D eigenvalue weighted by Gasteiger charge is -2.08. The van der Waals surface area contributed by atoms with E-state index in [1.54, 1.807) is 0 Å². The summed E-state index contributed by atoms with van der Waals surface area (Å²) in [5.41, 5.74) is 7.98. The van der Waals surface area contributed by atoms with Crippen molar-refractivity contribution in [3.63, 3.8) is 0 Å². The predicted octanol–water partition coefficient (Wildman–Crippen LogP) is 0.671. The van der Waals surface area contributed by atoms with Crippen LogP contribution in [-0.4, -0.2) is 12.0 Å². The molecule has 1 aliphatic heterocycles. The fraction of sp³-hybridized carbons (Fsp3) is 0.286. The van der Waals surface area contributed by atoms with E-state index in [1.807, 2.05) is 31.1 Å². The van der Waals surface area contributed by atoms with Gasteiger partial charge in [-0.25, -0.2) is 4.98 Å². The Balaban J connectivity index is 2.52. The highest BCUT2D eigenvalue weighted by atomic mass is 15.7. The molecule has 0 radical (unpaired) electrons. The van der Waals surface area contributed by atoms with Gasteiger partial charge in [-0.3, -0.25) is 5.01 Å². The normalized spacial score (nSPS) is 14.5. The lowest BCUT2D eigenvalue weighted by atomic mass is 10.3. The summed E-state index contributed by atoms with van der Waals surface area (Å²) in [4.78, 5) is 4.34. The van der Waals surface area contributed by atoms with E-state index < -0.39 is 0 Å². The first-order valence-electron chi connectivity index (χ1n) is 3.50. The summed E-state index contributed by atoms with van der Waals surface area (Å²) in [5.74, 6) is 0.949. The number of anilines is 2. The van der Waals surface area contributed by atoms with Gasteiger partial charge in [-0.1, -0.05) is 0 Å². The molecule has 0 atom stereocenters. The topological polar surface area (TPSA) is 40.2 Å². The van der Waals surface area contributed by atoms with Crippen LogP contribution in [-0.2, 0) is 0 Å². The molecule has 0 saturated heterocycles. The zero-order valence-electron chi connectivity index (χ0n) is 6.55.